The summed E-state index contributed by atoms with van der Waals surface area (Å²) >= 11 is 0. The molecule has 2 rings (SSSR count). The number of rotatable bonds is 0. The number of fused-ring (bicyclic) bond motifs is 1. The molecule has 0 radical (unpaired) electrons. The number of H-pyrrole nitrogens is 1. The Morgan fingerprint density at radius 1 is 0.733 bits per heavy atom. The first-order chi connectivity index (χ1) is 6.95. The van der Waals surface area contributed by atoms with Crippen LogP contribution in [0.4, 0.5) is 0 Å². The zero-order chi connectivity index (χ0) is 11.3. The lowest BCUT2D eigenvalue weighted by molar-refractivity contribution is 0.0975. The summed E-state index contributed by atoms with van der Waals surface area (Å²) < 4.78 is 0. The highest BCUT2D eigenvalue weighted by molar-refractivity contribution is 6.27. The maximum atomic E-state index is 12.0. The molecule has 78 valence electrons. The van der Waals surface area contributed by atoms with Crippen LogP contribution in [0.2, 0.25) is 0 Å². The van der Waals surface area contributed by atoms with Crippen molar-refractivity contribution in [2.75, 3.05) is 0 Å². The summed E-state index contributed by atoms with van der Waals surface area (Å²) in [5.74, 6) is -0.0482. The van der Waals surface area contributed by atoms with E-state index in [0.717, 1.165) is 11.4 Å². The molecule has 15 heavy (non-hydrogen) atoms. The van der Waals surface area contributed by atoms with Gasteiger partial charge in [-0.3, -0.25) is 9.59 Å². The Morgan fingerprint density at radius 2 is 1.07 bits per heavy atom. The number of aromatic nitrogens is 1. The third-order valence-corrected chi connectivity index (χ3v) is 3.07. The van der Waals surface area contributed by atoms with Gasteiger partial charge < -0.3 is 4.98 Å². The van der Waals surface area contributed by atoms with Crippen LogP contribution in [0.1, 0.15) is 46.0 Å². The minimum atomic E-state index is -0.0241. The van der Waals surface area contributed by atoms with Gasteiger partial charge in [0.2, 0.25) is 0 Å². The molecule has 0 amide bonds. The quantitative estimate of drug-likeness (QED) is 0.703. The fourth-order valence-corrected chi connectivity index (χ4v) is 2.06. The lowest BCUT2D eigenvalue weighted by Gasteiger charge is -2.14. The summed E-state index contributed by atoms with van der Waals surface area (Å²) in [6.07, 6.45) is 0. The molecule has 1 aromatic heterocycles. The van der Waals surface area contributed by atoms with Gasteiger partial charge in [-0.25, -0.2) is 0 Å². The number of hydrogen-bond donors (Lipinski definition) is 1. The number of allylic oxidation sites excluding steroid dienone is 2. The molecular weight excluding hydrogens is 190 g/mol. The van der Waals surface area contributed by atoms with E-state index in [4.69, 9.17) is 0 Å². The summed E-state index contributed by atoms with van der Waals surface area (Å²) in [6, 6.07) is 0. The van der Waals surface area contributed by atoms with Gasteiger partial charge in [-0.05, 0) is 27.7 Å². The molecule has 1 aromatic rings. The van der Waals surface area contributed by atoms with Crippen LogP contribution >= 0.6 is 0 Å². The van der Waals surface area contributed by atoms with Gasteiger partial charge in [-0.1, -0.05) is 0 Å². The Morgan fingerprint density at radius 3 is 1.40 bits per heavy atom. The molecule has 3 nitrogen and oxygen atoms in total. The molecule has 1 aliphatic rings. The smallest absolute Gasteiger partial charge is 0.191 e. The zero-order valence-corrected chi connectivity index (χ0v) is 9.32. The van der Waals surface area contributed by atoms with Crippen LogP contribution in [-0.2, 0) is 0 Å². The summed E-state index contributed by atoms with van der Waals surface area (Å²) in [7, 11) is 0. The molecule has 0 spiro atoms. The lowest BCUT2D eigenvalue weighted by atomic mass is 9.86. The standard InChI is InChI=1S/C12H13NO2/c1-5-6(2)12(15)10-8(4)13-7(3)9(10)11(5)14/h13H,1-4H3. The fraction of sp³-hybridized carbons (Fsp3) is 0.333. The summed E-state index contributed by atoms with van der Waals surface area (Å²) in [5, 5.41) is 0. The van der Waals surface area contributed by atoms with Crippen molar-refractivity contribution in [3.8, 4) is 0 Å². The van der Waals surface area contributed by atoms with E-state index in [-0.39, 0.29) is 11.6 Å². The molecule has 0 fully saturated rings. The maximum Gasteiger partial charge on any atom is 0.191 e. The predicted molar refractivity (Wildman–Crippen MR) is 57.3 cm³/mol. The van der Waals surface area contributed by atoms with E-state index in [1.54, 1.807) is 13.8 Å². The Kier molecular flexibility index (Phi) is 1.93. The van der Waals surface area contributed by atoms with E-state index in [1.807, 2.05) is 13.8 Å². The van der Waals surface area contributed by atoms with Crippen molar-refractivity contribution >= 4 is 11.6 Å². The average Bonchev–Trinajstić information content (AvgIpc) is 2.47. The van der Waals surface area contributed by atoms with Crippen LogP contribution in [0.25, 0.3) is 0 Å². The third-order valence-electron chi connectivity index (χ3n) is 3.07. The second-order valence-electron chi connectivity index (χ2n) is 4.03. The molecule has 1 heterocycles. The van der Waals surface area contributed by atoms with E-state index < -0.39 is 0 Å². The van der Waals surface area contributed by atoms with Crippen LogP contribution in [0.15, 0.2) is 11.1 Å². The molecular formula is C12H13NO2. The van der Waals surface area contributed by atoms with Gasteiger partial charge in [0, 0.05) is 22.5 Å². The van der Waals surface area contributed by atoms with Crippen molar-refractivity contribution in [1.82, 2.24) is 4.98 Å². The van der Waals surface area contributed by atoms with Crippen LogP contribution in [0.3, 0.4) is 0 Å². The summed E-state index contributed by atoms with van der Waals surface area (Å²) in [4.78, 5) is 27.0. The SMILES string of the molecule is CC1=C(C)C(=O)c2c(C)[nH]c(C)c2C1=O. The van der Waals surface area contributed by atoms with Crippen LogP contribution < -0.4 is 0 Å². The normalized spacial score (nSPS) is 16.0. The second kappa shape index (κ2) is 2.92. The average molecular weight is 203 g/mol. The highest BCUT2D eigenvalue weighted by atomic mass is 16.1. The number of nitrogens with one attached hydrogen (secondary N) is 1. The van der Waals surface area contributed by atoms with Crippen LogP contribution in [-0.4, -0.2) is 16.6 Å². The first-order valence-electron chi connectivity index (χ1n) is 4.91. The predicted octanol–water partition coefficient (Wildman–Crippen LogP) is 2.35. The Labute approximate surface area is 88.2 Å². The first-order valence-corrected chi connectivity index (χ1v) is 4.91. The van der Waals surface area contributed by atoms with Crippen LogP contribution in [0, 0.1) is 13.8 Å². The largest absolute Gasteiger partial charge is 0.361 e. The number of carbonyl (C=O) groups excluding carboxylic acids is 2. The minimum Gasteiger partial charge on any atom is -0.361 e. The van der Waals surface area contributed by atoms with Gasteiger partial charge in [0.05, 0.1) is 11.1 Å². The van der Waals surface area contributed by atoms with E-state index in [2.05, 4.69) is 4.98 Å². The van der Waals surface area contributed by atoms with E-state index in [9.17, 15) is 9.59 Å². The summed E-state index contributed by atoms with van der Waals surface area (Å²) in [6.45, 7) is 7.07. The molecule has 0 aliphatic heterocycles. The number of ketones is 2. The third kappa shape index (κ3) is 1.12. The van der Waals surface area contributed by atoms with Crippen molar-refractivity contribution in [3.63, 3.8) is 0 Å². The van der Waals surface area contributed by atoms with Gasteiger partial charge >= 0.3 is 0 Å². The van der Waals surface area contributed by atoms with Crippen molar-refractivity contribution in [2.45, 2.75) is 27.7 Å². The van der Waals surface area contributed by atoms with Gasteiger partial charge in [0.15, 0.2) is 11.6 Å². The van der Waals surface area contributed by atoms with Gasteiger partial charge in [0.1, 0.15) is 0 Å². The molecule has 0 aromatic carbocycles. The number of aromatic amines is 1. The summed E-state index contributed by atoms with van der Waals surface area (Å²) in [5.41, 5.74) is 3.81. The minimum absolute atomic E-state index is 0.0241. The van der Waals surface area contributed by atoms with Crippen molar-refractivity contribution in [1.29, 1.82) is 0 Å². The molecule has 0 saturated heterocycles. The fourth-order valence-electron chi connectivity index (χ4n) is 2.06. The van der Waals surface area contributed by atoms with E-state index >= 15 is 0 Å². The monoisotopic (exact) mass is 203 g/mol. The highest BCUT2D eigenvalue weighted by Gasteiger charge is 2.31. The van der Waals surface area contributed by atoms with Crippen molar-refractivity contribution in [2.24, 2.45) is 0 Å². The Bertz CT molecular complexity index is 473. The first kappa shape index (κ1) is 9.90. The molecule has 1 N–H and O–H groups in total. The highest BCUT2D eigenvalue weighted by Crippen LogP contribution is 2.30. The zero-order valence-electron chi connectivity index (χ0n) is 9.32. The topological polar surface area (TPSA) is 49.9 Å². The molecule has 3 heteroatoms. The van der Waals surface area contributed by atoms with E-state index in [0.29, 0.717) is 22.3 Å². The second-order valence-corrected chi connectivity index (χ2v) is 4.03. The lowest BCUT2D eigenvalue weighted by Crippen LogP contribution is -2.19. The van der Waals surface area contributed by atoms with Crippen molar-refractivity contribution in [3.05, 3.63) is 33.7 Å². The Balaban J connectivity index is 2.81. The van der Waals surface area contributed by atoms with Crippen molar-refractivity contribution < 1.29 is 9.59 Å². The molecule has 0 unspecified atom stereocenters. The van der Waals surface area contributed by atoms with E-state index in [1.165, 1.54) is 0 Å². The van der Waals surface area contributed by atoms with Gasteiger partial charge in [0.25, 0.3) is 0 Å². The number of Topliss-reactive ketones (excluding diaryl/α,β-unsaturated/α-hetero) is 2. The van der Waals surface area contributed by atoms with Gasteiger partial charge in [-0.2, -0.15) is 0 Å². The molecule has 0 atom stereocenters. The molecule has 0 saturated carbocycles. The maximum absolute atomic E-state index is 12.0. The number of hydrogen-bond acceptors (Lipinski definition) is 2. The van der Waals surface area contributed by atoms with Gasteiger partial charge in [-0.15, -0.1) is 0 Å². The Hall–Kier alpha value is -1.64. The van der Waals surface area contributed by atoms with Crippen LogP contribution in [0.5, 0.6) is 0 Å². The molecule has 0 bridgehead atoms. The molecule has 1 aliphatic carbocycles. The number of aryl methyl sites for hydroxylation is 2. The number of carbonyl (C=O) groups is 2.